The summed E-state index contributed by atoms with van der Waals surface area (Å²) >= 11 is 0. The Morgan fingerprint density at radius 1 is 1.17 bits per heavy atom. The highest BCUT2D eigenvalue weighted by Crippen LogP contribution is 2.34. The minimum atomic E-state index is -0.365. The Hall–Kier alpha value is -2.93. The van der Waals surface area contributed by atoms with Gasteiger partial charge in [0.25, 0.3) is 0 Å². The van der Waals surface area contributed by atoms with E-state index < -0.39 is 0 Å². The number of methoxy groups -OCH3 is 1. The number of nitrogens with zero attached hydrogens (tertiary/aromatic N) is 3. The van der Waals surface area contributed by atoms with Crippen LogP contribution in [0.3, 0.4) is 0 Å². The minimum absolute atomic E-state index is 0.0586. The number of benzene rings is 2. The van der Waals surface area contributed by atoms with Crippen LogP contribution in [0.25, 0.3) is 0 Å². The largest absolute Gasteiger partial charge is 0.497 e. The molecule has 2 amide bonds. The number of ether oxygens (including phenoxy) is 1. The number of carbonyl (C=O) groups excluding carboxylic acids is 2. The van der Waals surface area contributed by atoms with E-state index in [4.69, 9.17) is 4.74 Å². The van der Waals surface area contributed by atoms with Crippen molar-refractivity contribution in [3.8, 4) is 5.75 Å². The van der Waals surface area contributed by atoms with Crippen molar-refractivity contribution in [3.63, 3.8) is 0 Å². The number of amides is 2. The molecule has 1 spiro atoms. The molecule has 2 aromatic rings. The lowest BCUT2D eigenvalue weighted by Crippen LogP contribution is -2.64. The molecule has 7 heteroatoms. The van der Waals surface area contributed by atoms with Crippen LogP contribution in [-0.2, 0) is 16.0 Å². The maximum absolute atomic E-state index is 13.7. The Kier molecular flexibility index (Phi) is 5.47. The summed E-state index contributed by atoms with van der Waals surface area (Å²) in [4.78, 5) is 31.1. The molecule has 0 radical (unpaired) electrons. The first kappa shape index (κ1) is 20.3. The van der Waals surface area contributed by atoms with Crippen LogP contribution in [0.4, 0.5) is 10.1 Å². The molecule has 2 aliphatic heterocycles. The Morgan fingerprint density at radius 3 is 2.63 bits per heavy atom. The smallest absolute Gasteiger partial charge is 0.241 e. The van der Waals surface area contributed by atoms with Gasteiger partial charge in [-0.15, -0.1) is 0 Å². The highest BCUT2D eigenvalue weighted by Gasteiger charge is 2.48. The van der Waals surface area contributed by atoms with Gasteiger partial charge in [0, 0.05) is 25.3 Å². The molecule has 0 aliphatic carbocycles. The second-order valence-corrected chi connectivity index (χ2v) is 8.13. The molecule has 0 unspecified atom stereocenters. The second kappa shape index (κ2) is 8.07. The molecular formula is C23H26FN3O3. The predicted molar refractivity (Wildman–Crippen MR) is 112 cm³/mol. The second-order valence-electron chi connectivity index (χ2n) is 8.13. The average molecular weight is 411 g/mol. The minimum Gasteiger partial charge on any atom is -0.497 e. The van der Waals surface area contributed by atoms with E-state index in [9.17, 15) is 14.0 Å². The molecule has 2 fully saturated rings. The summed E-state index contributed by atoms with van der Waals surface area (Å²) < 4.78 is 18.9. The molecule has 30 heavy (non-hydrogen) atoms. The van der Waals surface area contributed by atoms with Crippen molar-refractivity contribution in [1.82, 2.24) is 9.80 Å². The van der Waals surface area contributed by atoms with Gasteiger partial charge in [-0.2, -0.15) is 0 Å². The van der Waals surface area contributed by atoms with Gasteiger partial charge in [0.05, 0.1) is 25.6 Å². The van der Waals surface area contributed by atoms with Crippen LogP contribution in [-0.4, -0.2) is 67.5 Å². The zero-order valence-corrected chi connectivity index (χ0v) is 17.3. The van der Waals surface area contributed by atoms with Crippen molar-refractivity contribution in [1.29, 1.82) is 0 Å². The van der Waals surface area contributed by atoms with E-state index in [1.165, 1.54) is 12.1 Å². The summed E-state index contributed by atoms with van der Waals surface area (Å²) in [5.74, 6) is 0.407. The number of halogens is 1. The number of likely N-dealkylation sites (N-methyl/N-ethyl adjacent to an activating group) is 1. The zero-order valence-electron chi connectivity index (χ0n) is 17.3. The van der Waals surface area contributed by atoms with Crippen LogP contribution in [0.2, 0.25) is 0 Å². The Morgan fingerprint density at radius 2 is 1.93 bits per heavy atom. The highest BCUT2D eigenvalue weighted by atomic mass is 19.1. The van der Waals surface area contributed by atoms with Crippen molar-refractivity contribution in [3.05, 3.63) is 59.9 Å². The van der Waals surface area contributed by atoms with Crippen molar-refractivity contribution >= 4 is 17.5 Å². The van der Waals surface area contributed by atoms with Crippen molar-refractivity contribution in [2.45, 2.75) is 18.4 Å². The fourth-order valence-electron chi connectivity index (χ4n) is 4.38. The SMILES string of the molecule is COc1ccc(CC(=O)N2CC[C@]3(C2)CN(c2cccc(F)c2)C(=O)CN3C)cc1. The quantitative estimate of drug-likeness (QED) is 0.775. The third-order valence-corrected chi connectivity index (χ3v) is 6.25. The molecule has 2 aromatic carbocycles. The third-order valence-electron chi connectivity index (χ3n) is 6.25. The standard InChI is InChI=1S/C23H26FN3O3/c1-25-14-22(29)27(19-5-3-4-18(24)13-19)16-23(25)10-11-26(15-23)21(28)12-17-6-8-20(30-2)9-7-17/h3-9,13H,10-12,14-16H2,1-2H3/t23-/m0/s1. The summed E-state index contributed by atoms with van der Waals surface area (Å²) in [6.45, 7) is 1.89. The third kappa shape index (κ3) is 3.89. The van der Waals surface area contributed by atoms with Crippen LogP contribution in [0.5, 0.6) is 5.75 Å². The number of carbonyl (C=O) groups is 2. The summed E-state index contributed by atoms with van der Waals surface area (Å²) in [5, 5.41) is 0. The van der Waals surface area contributed by atoms with Crippen molar-refractivity contribution in [2.75, 3.05) is 45.2 Å². The zero-order chi connectivity index (χ0) is 21.3. The average Bonchev–Trinajstić information content (AvgIpc) is 3.17. The van der Waals surface area contributed by atoms with Gasteiger partial charge < -0.3 is 14.5 Å². The van der Waals surface area contributed by atoms with Gasteiger partial charge in [-0.1, -0.05) is 18.2 Å². The van der Waals surface area contributed by atoms with Gasteiger partial charge in [0.15, 0.2) is 0 Å². The van der Waals surface area contributed by atoms with E-state index in [0.29, 0.717) is 31.7 Å². The maximum atomic E-state index is 13.7. The molecule has 2 aliphatic rings. The normalized spacial score (nSPS) is 22.0. The Labute approximate surface area is 175 Å². The van der Waals surface area contributed by atoms with Gasteiger partial charge in [-0.3, -0.25) is 14.5 Å². The number of likely N-dealkylation sites (tertiary alicyclic amines) is 1. The molecule has 158 valence electrons. The molecule has 0 bridgehead atoms. The van der Waals surface area contributed by atoms with E-state index in [0.717, 1.165) is 17.7 Å². The number of rotatable bonds is 4. The Balaban J connectivity index is 1.47. The summed E-state index contributed by atoms with van der Waals surface area (Å²) in [6, 6.07) is 13.6. The first-order valence-electron chi connectivity index (χ1n) is 10.1. The van der Waals surface area contributed by atoms with E-state index in [1.54, 1.807) is 24.1 Å². The molecule has 6 nitrogen and oxygen atoms in total. The number of anilines is 1. The molecule has 0 saturated carbocycles. The summed E-state index contributed by atoms with van der Waals surface area (Å²) in [6.07, 6.45) is 1.10. The summed E-state index contributed by atoms with van der Waals surface area (Å²) in [5.41, 5.74) is 1.18. The van der Waals surface area contributed by atoms with Crippen molar-refractivity contribution < 1.29 is 18.7 Å². The number of hydrogen-bond acceptors (Lipinski definition) is 4. The van der Waals surface area contributed by atoms with Gasteiger partial charge in [0.1, 0.15) is 11.6 Å². The number of hydrogen-bond donors (Lipinski definition) is 0. The van der Waals surface area contributed by atoms with E-state index in [2.05, 4.69) is 0 Å². The fraction of sp³-hybridized carbons (Fsp3) is 0.391. The number of piperazine rings is 1. The molecule has 0 N–H and O–H groups in total. The first-order chi connectivity index (χ1) is 14.4. The lowest BCUT2D eigenvalue weighted by atomic mass is 9.92. The van der Waals surface area contributed by atoms with Gasteiger partial charge in [-0.05, 0) is 49.4 Å². The van der Waals surface area contributed by atoms with Crippen LogP contribution in [0, 0.1) is 5.82 Å². The lowest BCUT2D eigenvalue weighted by molar-refractivity contribution is -0.130. The summed E-state index contributed by atoms with van der Waals surface area (Å²) in [7, 11) is 3.54. The molecular weight excluding hydrogens is 385 g/mol. The lowest BCUT2D eigenvalue weighted by Gasteiger charge is -2.46. The van der Waals surface area contributed by atoms with Crippen molar-refractivity contribution in [2.24, 2.45) is 0 Å². The van der Waals surface area contributed by atoms with E-state index in [1.807, 2.05) is 41.1 Å². The van der Waals surface area contributed by atoms with Crippen LogP contribution < -0.4 is 9.64 Å². The predicted octanol–water partition coefficient (Wildman–Crippen LogP) is 2.33. The van der Waals surface area contributed by atoms with E-state index in [-0.39, 0.29) is 29.7 Å². The van der Waals surface area contributed by atoms with Gasteiger partial charge >= 0.3 is 0 Å². The molecule has 4 rings (SSSR count). The van der Waals surface area contributed by atoms with Crippen LogP contribution >= 0.6 is 0 Å². The van der Waals surface area contributed by atoms with Gasteiger partial charge in [0.2, 0.25) is 11.8 Å². The van der Waals surface area contributed by atoms with Crippen LogP contribution in [0.1, 0.15) is 12.0 Å². The molecule has 2 heterocycles. The maximum Gasteiger partial charge on any atom is 0.241 e. The van der Waals surface area contributed by atoms with Crippen LogP contribution in [0.15, 0.2) is 48.5 Å². The highest BCUT2D eigenvalue weighted by molar-refractivity contribution is 5.96. The molecule has 0 aromatic heterocycles. The van der Waals surface area contributed by atoms with Gasteiger partial charge in [-0.25, -0.2) is 4.39 Å². The Bertz CT molecular complexity index is 949. The molecule has 2 saturated heterocycles. The first-order valence-corrected chi connectivity index (χ1v) is 10.1. The topological polar surface area (TPSA) is 53.1 Å². The van der Waals surface area contributed by atoms with E-state index >= 15 is 0 Å². The molecule has 1 atom stereocenters. The fourth-order valence-corrected chi connectivity index (χ4v) is 4.38. The monoisotopic (exact) mass is 411 g/mol.